The Balaban J connectivity index is 1.70. The highest BCUT2D eigenvalue weighted by Gasteiger charge is 2.20. The Hall–Kier alpha value is -2.47. The molecule has 25 heavy (non-hydrogen) atoms. The van der Waals surface area contributed by atoms with Crippen LogP contribution < -0.4 is 0 Å². The number of furan rings is 1. The number of carbonyl (C=O) groups excluding carboxylic acids is 1. The number of aryl methyl sites for hydroxylation is 1. The van der Waals surface area contributed by atoms with E-state index < -0.39 is 0 Å². The fraction of sp³-hybridized carbons (Fsp3) is 0.316. The first-order chi connectivity index (χ1) is 12.0. The Morgan fingerprint density at radius 2 is 2.12 bits per heavy atom. The predicted octanol–water partition coefficient (Wildman–Crippen LogP) is 4.09. The summed E-state index contributed by atoms with van der Waals surface area (Å²) in [5, 5.41) is 2.76. The number of hydrogen-bond acceptors (Lipinski definition) is 5. The summed E-state index contributed by atoms with van der Waals surface area (Å²) in [6.45, 7) is 6.39. The van der Waals surface area contributed by atoms with Gasteiger partial charge in [-0.05, 0) is 45.0 Å². The van der Waals surface area contributed by atoms with E-state index in [1.165, 1.54) is 11.3 Å². The standard InChI is InChI=1S/C19H21N3O2S/c1-13(2)22(11-16-8-7-14(3)24-16)18(23)10-15-12-25-19(21-15)17-6-4-5-9-20-17/h4-9,12-13H,10-11H2,1-3H3. The van der Waals surface area contributed by atoms with Crippen LogP contribution in [-0.4, -0.2) is 26.8 Å². The third-order valence-electron chi connectivity index (χ3n) is 3.83. The molecule has 0 aliphatic rings. The second-order valence-corrected chi connectivity index (χ2v) is 7.02. The van der Waals surface area contributed by atoms with E-state index in [4.69, 9.17) is 4.42 Å². The van der Waals surface area contributed by atoms with Crippen molar-refractivity contribution in [1.29, 1.82) is 0 Å². The Labute approximate surface area is 151 Å². The summed E-state index contributed by atoms with van der Waals surface area (Å²) >= 11 is 1.51. The summed E-state index contributed by atoms with van der Waals surface area (Å²) < 4.78 is 5.61. The second-order valence-electron chi connectivity index (χ2n) is 6.16. The van der Waals surface area contributed by atoms with Crippen LogP contribution in [0.2, 0.25) is 0 Å². The maximum absolute atomic E-state index is 12.7. The SMILES string of the molecule is Cc1ccc(CN(C(=O)Cc2csc(-c3ccccn3)n2)C(C)C)o1. The molecular weight excluding hydrogens is 334 g/mol. The molecule has 130 valence electrons. The molecule has 0 spiro atoms. The van der Waals surface area contributed by atoms with Crippen LogP contribution in [0.1, 0.15) is 31.1 Å². The average Bonchev–Trinajstić information content (AvgIpc) is 3.22. The summed E-state index contributed by atoms with van der Waals surface area (Å²) in [6.07, 6.45) is 2.02. The number of nitrogens with zero attached hydrogens (tertiary/aromatic N) is 3. The van der Waals surface area contributed by atoms with E-state index in [-0.39, 0.29) is 18.4 Å². The van der Waals surface area contributed by atoms with Crippen LogP contribution in [0.15, 0.2) is 46.3 Å². The van der Waals surface area contributed by atoms with E-state index >= 15 is 0 Å². The molecule has 3 heterocycles. The largest absolute Gasteiger partial charge is 0.464 e. The van der Waals surface area contributed by atoms with E-state index in [9.17, 15) is 4.79 Å². The molecule has 0 saturated carbocycles. The molecule has 0 aliphatic heterocycles. The van der Waals surface area contributed by atoms with Gasteiger partial charge in [-0.3, -0.25) is 9.78 Å². The monoisotopic (exact) mass is 355 g/mol. The number of hydrogen-bond donors (Lipinski definition) is 0. The third-order valence-corrected chi connectivity index (χ3v) is 4.75. The zero-order valence-electron chi connectivity index (χ0n) is 14.6. The lowest BCUT2D eigenvalue weighted by atomic mass is 10.2. The Morgan fingerprint density at radius 3 is 2.76 bits per heavy atom. The first kappa shape index (κ1) is 17.4. The smallest absolute Gasteiger partial charge is 0.229 e. The van der Waals surface area contributed by atoms with Gasteiger partial charge in [0.15, 0.2) is 0 Å². The number of rotatable bonds is 6. The second kappa shape index (κ2) is 7.61. The Morgan fingerprint density at radius 1 is 1.28 bits per heavy atom. The molecule has 3 aromatic rings. The topological polar surface area (TPSA) is 59.2 Å². The highest BCUT2D eigenvalue weighted by Crippen LogP contribution is 2.22. The van der Waals surface area contributed by atoms with Gasteiger partial charge in [-0.25, -0.2) is 4.98 Å². The molecule has 5 nitrogen and oxygen atoms in total. The molecule has 1 amide bonds. The van der Waals surface area contributed by atoms with Gasteiger partial charge in [0.25, 0.3) is 0 Å². The Bertz CT molecular complexity index is 839. The van der Waals surface area contributed by atoms with Crippen LogP contribution in [0.3, 0.4) is 0 Å². The van der Waals surface area contributed by atoms with Crippen LogP contribution in [0.4, 0.5) is 0 Å². The minimum absolute atomic E-state index is 0.0434. The van der Waals surface area contributed by atoms with Gasteiger partial charge in [0.05, 0.1) is 24.4 Å². The summed E-state index contributed by atoms with van der Waals surface area (Å²) in [5.41, 5.74) is 1.61. The van der Waals surface area contributed by atoms with Crippen molar-refractivity contribution in [3.8, 4) is 10.7 Å². The zero-order chi connectivity index (χ0) is 17.8. The lowest BCUT2D eigenvalue weighted by Crippen LogP contribution is -2.37. The maximum atomic E-state index is 12.7. The number of thiazole rings is 1. The molecule has 0 bridgehead atoms. The van der Waals surface area contributed by atoms with Gasteiger partial charge in [-0.1, -0.05) is 6.07 Å². The molecular formula is C19H21N3O2S. The van der Waals surface area contributed by atoms with Crippen LogP contribution in [-0.2, 0) is 17.8 Å². The van der Waals surface area contributed by atoms with Gasteiger partial charge in [-0.15, -0.1) is 11.3 Å². The van der Waals surface area contributed by atoms with Crippen molar-refractivity contribution in [1.82, 2.24) is 14.9 Å². The molecule has 3 aromatic heterocycles. The molecule has 0 aliphatic carbocycles. The first-order valence-electron chi connectivity index (χ1n) is 8.23. The third kappa shape index (κ3) is 4.33. The molecule has 0 fully saturated rings. The molecule has 0 N–H and O–H groups in total. The summed E-state index contributed by atoms with van der Waals surface area (Å²) in [6, 6.07) is 9.65. The lowest BCUT2D eigenvalue weighted by molar-refractivity contribution is -0.133. The van der Waals surface area contributed by atoms with E-state index in [0.29, 0.717) is 6.54 Å². The Kier molecular flexibility index (Phi) is 5.28. The fourth-order valence-electron chi connectivity index (χ4n) is 2.55. The lowest BCUT2D eigenvalue weighted by Gasteiger charge is -2.25. The number of aromatic nitrogens is 2. The van der Waals surface area contributed by atoms with Gasteiger partial charge >= 0.3 is 0 Å². The van der Waals surface area contributed by atoms with Crippen molar-refractivity contribution in [2.75, 3.05) is 0 Å². The van der Waals surface area contributed by atoms with Crippen molar-refractivity contribution in [3.63, 3.8) is 0 Å². The average molecular weight is 355 g/mol. The van der Waals surface area contributed by atoms with Gasteiger partial charge in [0.2, 0.25) is 5.91 Å². The summed E-state index contributed by atoms with van der Waals surface area (Å²) in [5.74, 6) is 1.69. The minimum atomic E-state index is 0.0434. The maximum Gasteiger partial charge on any atom is 0.229 e. The van der Waals surface area contributed by atoms with Gasteiger partial charge in [0, 0.05) is 17.6 Å². The van der Waals surface area contributed by atoms with Crippen molar-refractivity contribution in [2.45, 2.75) is 39.8 Å². The molecule has 0 atom stereocenters. The predicted molar refractivity (Wildman–Crippen MR) is 98.2 cm³/mol. The van der Waals surface area contributed by atoms with Crippen LogP contribution in [0, 0.1) is 6.92 Å². The summed E-state index contributed by atoms with van der Waals surface area (Å²) in [4.78, 5) is 23.4. The molecule has 0 unspecified atom stereocenters. The van der Waals surface area contributed by atoms with Crippen LogP contribution in [0.25, 0.3) is 10.7 Å². The van der Waals surface area contributed by atoms with Crippen molar-refractivity contribution < 1.29 is 9.21 Å². The highest BCUT2D eigenvalue weighted by atomic mass is 32.1. The van der Waals surface area contributed by atoms with Crippen molar-refractivity contribution in [3.05, 3.63) is 59.1 Å². The van der Waals surface area contributed by atoms with E-state index in [0.717, 1.165) is 27.9 Å². The van der Waals surface area contributed by atoms with Gasteiger partial charge < -0.3 is 9.32 Å². The highest BCUT2D eigenvalue weighted by molar-refractivity contribution is 7.13. The first-order valence-corrected chi connectivity index (χ1v) is 9.11. The zero-order valence-corrected chi connectivity index (χ0v) is 15.4. The van der Waals surface area contributed by atoms with Crippen molar-refractivity contribution in [2.24, 2.45) is 0 Å². The molecule has 6 heteroatoms. The van der Waals surface area contributed by atoms with Gasteiger partial charge in [0.1, 0.15) is 16.5 Å². The summed E-state index contributed by atoms with van der Waals surface area (Å²) in [7, 11) is 0. The molecule has 0 saturated heterocycles. The number of pyridine rings is 1. The van der Waals surface area contributed by atoms with Crippen LogP contribution in [0.5, 0.6) is 0 Å². The van der Waals surface area contributed by atoms with Gasteiger partial charge in [-0.2, -0.15) is 0 Å². The number of amides is 1. The van der Waals surface area contributed by atoms with Crippen molar-refractivity contribution >= 4 is 17.2 Å². The normalized spacial score (nSPS) is 11.0. The van der Waals surface area contributed by atoms with Crippen LogP contribution >= 0.6 is 11.3 Å². The van der Waals surface area contributed by atoms with E-state index in [1.54, 1.807) is 6.20 Å². The molecule has 0 radical (unpaired) electrons. The molecule has 0 aromatic carbocycles. The number of carbonyl (C=O) groups is 1. The minimum Gasteiger partial charge on any atom is -0.464 e. The quantitative estimate of drug-likeness (QED) is 0.668. The van der Waals surface area contributed by atoms with E-state index in [2.05, 4.69) is 9.97 Å². The molecule has 3 rings (SSSR count). The van der Waals surface area contributed by atoms with E-state index in [1.807, 2.05) is 61.4 Å². The fourth-order valence-corrected chi connectivity index (χ4v) is 3.34.